The molecule has 0 amide bonds. The van der Waals surface area contributed by atoms with Crippen molar-refractivity contribution >= 4 is 5.96 Å². The summed E-state index contributed by atoms with van der Waals surface area (Å²) >= 11 is 0. The standard InChI is InChI=1S/C19H31N3O3/c1-3-24-13-17-7-5-4-6-16(17)12-21-18(20-2)22-14-19(8-10-23)9-11-25-15-19/h4-7,23H,3,8-15H2,1-2H3,(H2,20,21,22). The smallest absolute Gasteiger partial charge is 0.191 e. The molecule has 0 aliphatic carbocycles. The van der Waals surface area contributed by atoms with E-state index in [0.29, 0.717) is 26.4 Å². The summed E-state index contributed by atoms with van der Waals surface area (Å²) in [4.78, 5) is 4.31. The summed E-state index contributed by atoms with van der Waals surface area (Å²) in [6, 6.07) is 8.26. The monoisotopic (exact) mass is 349 g/mol. The zero-order valence-electron chi connectivity index (χ0n) is 15.4. The maximum Gasteiger partial charge on any atom is 0.191 e. The minimum Gasteiger partial charge on any atom is -0.396 e. The average Bonchev–Trinajstić information content (AvgIpc) is 3.10. The second kappa shape index (κ2) is 10.4. The van der Waals surface area contributed by atoms with E-state index in [2.05, 4.69) is 27.8 Å². The van der Waals surface area contributed by atoms with Crippen molar-refractivity contribution in [3.05, 3.63) is 35.4 Å². The quantitative estimate of drug-likeness (QED) is 0.467. The first-order valence-corrected chi connectivity index (χ1v) is 9.00. The molecule has 1 aliphatic heterocycles. The fourth-order valence-electron chi connectivity index (χ4n) is 3.07. The van der Waals surface area contributed by atoms with Crippen LogP contribution in [0.2, 0.25) is 0 Å². The molecule has 1 fully saturated rings. The van der Waals surface area contributed by atoms with Crippen LogP contribution >= 0.6 is 0 Å². The predicted molar refractivity (Wildman–Crippen MR) is 99.5 cm³/mol. The van der Waals surface area contributed by atoms with E-state index in [9.17, 15) is 5.11 Å². The van der Waals surface area contributed by atoms with Gasteiger partial charge < -0.3 is 25.2 Å². The van der Waals surface area contributed by atoms with E-state index in [4.69, 9.17) is 9.47 Å². The number of hydrogen-bond acceptors (Lipinski definition) is 4. The second-order valence-electron chi connectivity index (χ2n) is 6.46. The molecule has 140 valence electrons. The Labute approximate surface area is 150 Å². The molecule has 25 heavy (non-hydrogen) atoms. The van der Waals surface area contributed by atoms with Crippen molar-refractivity contribution in [2.24, 2.45) is 10.4 Å². The molecule has 2 rings (SSSR count). The lowest BCUT2D eigenvalue weighted by Crippen LogP contribution is -2.44. The highest BCUT2D eigenvalue weighted by Gasteiger charge is 2.34. The number of nitrogens with one attached hydrogen (secondary N) is 2. The van der Waals surface area contributed by atoms with Gasteiger partial charge >= 0.3 is 0 Å². The van der Waals surface area contributed by atoms with E-state index < -0.39 is 0 Å². The molecule has 0 radical (unpaired) electrons. The summed E-state index contributed by atoms with van der Waals surface area (Å²) < 4.78 is 11.1. The van der Waals surface area contributed by atoms with Gasteiger partial charge in [0.15, 0.2) is 5.96 Å². The summed E-state index contributed by atoms with van der Waals surface area (Å²) in [7, 11) is 1.77. The van der Waals surface area contributed by atoms with Gasteiger partial charge in [0.05, 0.1) is 13.2 Å². The maximum absolute atomic E-state index is 9.33. The summed E-state index contributed by atoms with van der Waals surface area (Å²) in [5.41, 5.74) is 2.39. The number of nitrogens with zero attached hydrogens (tertiary/aromatic N) is 1. The van der Waals surface area contributed by atoms with Gasteiger partial charge in [-0.3, -0.25) is 4.99 Å². The van der Waals surface area contributed by atoms with E-state index in [0.717, 1.165) is 32.0 Å². The van der Waals surface area contributed by atoms with Crippen molar-refractivity contribution in [1.82, 2.24) is 10.6 Å². The van der Waals surface area contributed by atoms with Crippen LogP contribution in [0.3, 0.4) is 0 Å². The Morgan fingerprint density at radius 1 is 1.32 bits per heavy atom. The van der Waals surface area contributed by atoms with Crippen molar-refractivity contribution in [2.45, 2.75) is 32.9 Å². The van der Waals surface area contributed by atoms with E-state index in [1.165, 1.54) is 11.1 Å². The highest BCUT2D eigenvalue weighted by molar-refractivity contribution is 5.79. The lowest BCUT2D eigenvalue weighted by Gasteiger charge is -2.27. The van der Waals surface area contributed by atoms with Crippen LogP contribution in [-0.2, 0) is 22.6 Å². The Hall–Kier alpha value is -1.63. The van der Waals surface area contributed by atoms with Gasteiger partial charge in [0.1, 0.15) is 0 Å². The molecule has 1 atom stereocenters. The van der Waals surface area contributed by atoms with Gasteiger partial charge in [0, 0.05) is 45.4 Å². The van der Waals surface area contributed by atoms with Crippen molar-refractivity contribution < 1.29 is 14.6 Å². The Morgan fingerprint density at radius 2 is 2.12 bits per heavy atom. The Kier molecular flexibility index (Phi) is 8.18. The van der Waals surface area contributed by atoms with Gasteiger partial charge in [-0.25, -0.2) is 0 Å². The predicted octanol–water partition coefficient (Wildman–Crippen LogP) is 1.68. The third kappa shape index (κ3) is 5.99. The number of rotatable bonds is 9. The van der Waals surface area contributed by atoms with E-state index in [1.807, 2.05) is 19.1 Å². The summed E-state index contributed by atoms with van der Waals surface area (Å²) in [5, 5.41) is 16.1. The van der Waals surface area contributed by atoms with Crippen molar-refractivity contribution in [3.63, 3.8) is 0 Å². The first-order chi connectivity index (χ1) is 12.2. The van der Waals surface area contributed by atoms with Crippen LogP contribution in [0.5, 0.6) is 0 Å². The molecule has 1 heterocycles. The van der Waals surface area contributed by atoms with Crippen LogP contribution in [0.4, 0.5) is 0 Å². The zero-order valence-corrected chi connectivity index (χ0v) is 15.4. The summed E-state index contributed by atoms with van der Waals surface area (Å²) in [5.74, 6) is 0.760. The van der Waals surface area contributed by atoms with Crippen LogP contribution in [0.1, 0.15) is 30.9 Å². The van der Waals surface area contributed by atoms with E-state index in [-0.39, 0.29) is 12.0 Å². The van der Waals surface area contributed by atoms with Crippen molar-refractivity contribution in [2.75, 3.05) is 40.0 Å². The Morgan fingerprint density at radius 3 is 2.76 bits per heavy atom. The molecule has 6 nitrogen and oxygen atoms in total. The minimum absolute atomic E-state index is 0.000751. The molecule has 1 aromatic rings. The fraction of sp³-hybridized carbons (Fsp3) is 0.632. The highest BCUT2D eigenvalue weighted by atomic mass is 16.5. The molecule has 1 aromatic carbocycles. The molecule has 0 aromatic heterocycles. The van der Waals surface area contributed by atoms with Crippen molar-refractivity contribution in [1.29, 1.82) is 0 Å². The highest BCUT2D eigenvalue weighted by Crippen LogP contribution is 2.31. The van der Waals surface area contributed by atoms with Gasteiger partial charge in [0.25, 0.3) is 0 Å². The summed E-state index contributed by atoms with van der Waals surface area (Å²) in [6.07, 6.45) is 1.71. The number of aliphatic hydroxyl groups excluding tert-OH is 1. The zero-order chi connectivity index (χ0) is 18.0. The van der Waals surface area contributed by atoms with Crippen LogP contribution in [0, 0.1) is 5.41 Å². The third-order valence-electron chi connectivity index (χ3n) is 4.71. The van der Waals surface area contributed by atoms with E-state index >= 15 is 0 Å². The fourth-order valence-corrected chi connectivity index (χ4v) is 3.07. The number of ether oxygens (including phenoxy) is 2. The van der Waals surface area contributed by atoms with E-state index in [1.54, 1.807) is 7.05 Å². The summed E-state index contributed by atoms with van der Waals surface area (Å²) in [6.45, 7) is 6.40. The maximum atomic E-state index is 9.33. The normalized spacial score (nSPS) is 20.7. The van der Waals surface area contributed by atoms with Gasteiger partial charge in [-0.2, -0.15) is 0 Å². The number of benzene rings is 1. The lowest BCUT2D eigenvalue weighted by atomic mass is 9.84. The molecular weight excluding hydrogens is 318 g/mol. The average molecular weight is 349 g/mol. The third-order valence-corrected chi connectivity index (χ3v) is 4.71. The lowest BCUT2D eigenvalue weighted by molar-refractivity contribution is 0.127. The molecule has 3 N–H and O–H groups in total. The first-order valence-electron chi connectivity index (χ1n) is 9.00. The molecule has 0 bridgehead atoms. The molecule has 1 aliphatic rings. The number of aliphatic imine (C=N–C) groups is 1. The molecule has 1 saturated heterocycles. The van der Waals surface area contributed by atoms with Gasteiger partial charge in [0.2, 0.25) is 0 Å². The largest absolute Gasteiger partial charge is 0.396 e. The molecule has 1 unspecified atom stereocenters. The van der Waals surface area contributed by atoms with Gasteiger partial charge in [-0.1, -0.05) is 24.3 Å². The molecular formula is C19H31N3O3. The number of aliphatic hydroxyl groups is 1. The SMILES string of the molecule is CCOCc1ccccc1CNC(=NC)NCC1(CCO)CCOC1. The van der Waals surface area contributed by atoms with Crippen LogP contribution in [0.25, 0.3) is 0 Å². The van der Waals surface area contributed by atoms with Gasteiger partial charge in [-0.15, -0.1) is 0 Å². The topological polar surface area (TPSA) is 75.1 Å². The van der Waals surface area contributed by atoms with Crippen molar-refractivity contribution in [3.8, 4) is 0 Å². The van der Waals surface area contributed by atoms with Crippen LogP contribution in [-0.4, -0.2) is 51.1 Å². The first kappa shape index (κ1) is 19.7. The molecule has 6 heteroatoms. The molecule has 0 spiro atoms. The minimum atomic E-state index is -0.000751. The molecule has 0 saturated carbocycles. The van der Waals surface area contributed by atoms with Crippen LogP contribution < -0.4 is 10.6 Å². The number of hydrogen-bond donors (Lipinski definition) is 3. The second-order valence-corrected chi connectivity index (χ2v) is 6.46. The Balaban J connectivity index is 1.88. The van der Waals surface area contributed by atoms with Crippen LogP contribution in [0.15, 0.2) is 29.3 Å². The number of guanidine groups is 1. The van der Waals surface area contributed by atoms with Gasteiger partial charge in [-0.05, 0) is 30.9 Å². The Bertz CT molecular complexity index is 542.